The average molecular weight is 449 g/mol. The lowest BCUT2D eigenvalue weighted by atomic mass is 9.77. The van der Waals surface area contributed by atoms with E-state index in [-0.39, 0.29) is 10.8 Å². The van der Waals surface area contributed by atoms with Gasteiger partial charge < -0.3 is 0 Å². The van der Waals surface area contributed by atoms with E-state index >= 15 is 0 Å². The van der Waals surface area contributed by atoms with Gasteiger partial charge in [-0.1, -0.05) is 120 Å². The summed E-state index contributed by atoms with van der Waals surface area (Å²) in [5.41, 5.74) is 8.26. The number of hydrogen-bond acceptors (Lipinski definition) is 1. The normalized spacial score (nSPS) is 12.5. The van der Waals surface area contributed by atoms with Gasteiger partial charge in [0.15, 0.2) is 0 Å². The SMILES string of the molecule is CC(C)(C)c1ccc(-c2cccc(-c3cccc4c3sc3ccccc34)c2C(C)(C)C)cc1. The molecule has 0 amide bonds. The Morgan fingerprint density at radius 3 is 1.82 bits per heavy atom. The Morgan fingerprint density at radius 1 is 0.515 bits per heavy atom. The van der Waals surface area contributed by atoms with Crippen LogP contribution in [0.4, 0.5) is 0 Å². The van der Waals surface area contributed by atoms with E-state index in [1.165, 1.54) is 53.6 Å². The summed E-state index contributed by atoms with van der Waals surface area (Å²) in [5, 5.41) is 2.71. The minimum atomic E-state index is 0.00741. The molecule has 0 spiro atoms. The lowest BCUT2D eigenvalue weighted by Gasteiger charge is -2.27. The molecule has 0 atom stereocenters. The third kappa shape index (κ3) is 3.89. The van der Waals surface area contributed by atoms with Crippen LogP contribution in [0.2, 0.25) is 0 Å². The van der Waals surface area contributed by atoms with Crippen molar-refractivity contribution in [2.24, 2.45) is 0 Å². The Labute approximate surface area is 201 Å². The Kier molecular flexibility index (Phi) is 5.21. The molecule has 0 bridgehead atoms. The lowest BCUT2D eigenvalue weighted by Crippen LogP contribution is -2.15. The van der Waals surface area contributed by atoms with Gasteiger partial charge in [-0.3, -0.25) is 0 Å². The van der Waals surface area contributed by atoms with E-state index in [4.69, 9.17) is 0 Å². The van der Waals surface area contributed by atoms with Crippen molar-refractivity contribution >= 4 is 31.5 Å². The highest BCUT2D eigenvalue weighted by molar-refractivity contribution is 7.26. The summed E-state index contributed by atoms with van der Waals surface area (Å²) >= 11 is 1.91. The number of rotatable bonds is 2. The van der Waals surface area contributed by atoms with Crippen molar-refractivity contribution in [2.75, 3.05) is 0 Å². The summed E-state index contributed by atoms with van der Waals surface area (Å²) in [5.74, 6) is 0. The molecule has 0 fully saturated rings. The van der Waals surface area contributed by atoms with Crippen LogP contribution in [-0.2, 0) is 10.8 Å². The van der Waals surface area contributed by atoms with E-state index in [2.05, 4.69) is 126 Å². The average Bonchev–Trinajstić information content (AvgIpc) is 3.16. The van der Waals surface area contributed by atoms with Gasteiger partial charge in [-0.05, 0) is 50.3 Å². The second kappa shape index (κ2) is 7.85. The minimum absolute atomic E-state index is 0.00741. The molecule has 166 valence electrons. The first-order chi connectivity index (χ1) is 15.6. The summed E-state index contributed by atoms with van der Waals surface area (Å²) in [7, 11) is 0. The van der Waals surface area contributed by atoms with Crippen LogP contribution >= 0.6 is 11.3 Å². The summed E-state index contributed by atoms with van der Waals surface area (Å²) in [6, 6.07) is 31.6. The first kappa shape index (κ1) is 21.9. The van der Waals surface area contributed by atoms with E-state index in [0.717, 1.165) is 0 Å². The van der Waals surface area contributed by atoms with Crippen LogP contribution in [0.3, 0.4) is 0 Å². The molecule has 5 rings (SSSR count). The number of benzene rings is 4. The number of thiophene rings is 1. The lowest BCUT2D eigenvalue weighted by molar-refractivity contribution is 0.589. The smallest absolute Gasteiger partial charge is 0.0433 e. The maximum absolute atomic E-state index is 2.34. The third-order valence-corrected chi connectivity index (χ3v) is 7.79. The molecule has 0 aliphatic carbocycles. The highest BCUT2D eigenvalue weighted by atomic mass is 32.1. The molecule has 0 N–H and O–H groups in total. The van der Waals surface area contributed by atoms with E-state index in [0.29, 0.717) is 0 Å². The molecular formula is C32H32S. The molecule has 0 saturated carbocycles. The van der Waals surface area contributed by atoms with Crippen molar-refractivity contribution in [2.45, 2.75) is 52.4 Å². The van der Waals surface area contributed by atoms with Crippen molar-refractivity contribution in [3.05, 3.63) is 96.1 Å². The fraction of sp³-hybridized carbons (Fsp3) is 0.250. The molecule has 0 radical (unpaired) electrons. The van der Waals surface area contributed by atoms with Crippen molar-refractivity contribution < 1.29 is 0 Å². The highest BCUT2D eigenvalue weighted by Gasteiger charge is 2.25. The molecule has 1 heterocycles. The number of hydrogen-bond donors (Lipinski definition) is 0. The summed E-state index contributed by atoms with van der Waals surface area (Å²) in [6.45, 7) is 13.8. The van der Waals surface area contributed by atoms with Crippen LogP contribution < -0.4 is 0 Å². The van der Waals surface area contributed by atoms with Crippen molar-refractivity contribution in [3.63, 3.8) is 0 Å². The maximum Gasteiger partial charge on any atom is 0.0433 e. The quantitative estimate of drug-likeness (QED) is 0.252. The van der Waals surface area contributed by atoms with Crippen LogP contribution in [0.1, 0.15) is 52.7 Å². The van der Waals surface area contributed by atoms with Gasteiger partial charge in [-0.25, -0.2) is 0 Å². The van der Waals surface area contributed by atoms with Crippen molar-refractivity contribution in [1.82, 2.24) is 0 Å². The summed E-state index contributed by atoms with van der Waals surface area (Å²) in [4.78, 5) is 0. The molecular weight excluding hydrogens is 416 g/mol. The molecule has 5 aromatic rings. The Bertz CT molecular complexity index is 1450. The highest BCUT2D eigenvalue weighted by Crippen LogP contribution is 2.45. The molecule has 0 saturated heterocycles. The Morgan fingerprint density at radius 2 is 1.12 bits per heavy atom. The van der Waals surface area contributed by atoms with Gasteiger partial charge >= 0.3 is 0 Å². The summed E-state index contributed by atoms with van der Waals surface area (Å²) in [6.07, 6.45) is 0. The fourth-order valence-corrected chi connectivity index (χ4v) is 6.16. The monoisotopic (exact) mass is 448 g/mol. The van der Waals surface area contributed by atoms with Gasteiger partial charge in [-0.15, -0.1) is 11.3 Å². The molecule has 33 heavy (non-hydrogen) atoms. The topological polar surface area (TPSA) is 0 Å². The standard InChI is InChI=1S/C32H32S/c1-31(2,3)22-19-17-21(18-20-22)23-12-9-13-25(29(23)32(4,5)6)27-15-10-14-26-24-11-7-8-16-28(24)33-30(26)27/h7-20H,1-6H3. The molecule has 0 nitrogen and oxygen atoms in total. The predicted octanol–water partition coefficient (Wildman–Crippen LogP) is 9.98. The van der Waals surface area contributed by atoms with Crippen LogP contribution in [0.5, 0.6) is 0 Å². The van der Waals surface area contributed by atoms with Crippen LogP contribution in [0.25, 0.3) is 42.4 Å². The molecule has 1 aromatic heterocycles. The van der Waals surface area contributed by atoms with E-state index in [9.17, 15) is 0 Å². The van der Waals surface area contributed by atoms with Crippen LogP contribution in [0, 0.1) is 0 Å². The Balaban J connectivity index is 1.77. The molecule has 0 aliphatic heterocycles. The molecule has 1 heteroatoms. The zero-order valence-electron chi connectivity index (χ0n) is 20.5. The van der Waals surface area contributed by atoms with Gasteiger partial charge in [0.05, 0.1) is 0 Å². The first-order valence-electron chi connectivity index (χ1n) is 11.8. The van der Waals surface area contributed by atoms with Gasteiger partial charge in [0, 0.05) is 20.2 Å². The molecule has 0 aliphatic rings. The van der Waals surface area contributed by atoms with Crippen LogP contribution in [0.15, 0.2) is 84.9 Å². The zero-order valence-corrected chi connectivity index (χ0v) is 21.3. The second-order valence-electron chi connectivity index (χ2n) is 11.1. The second-order valence-corrected chi connectivity index (χ2v) is 12.1. The van der Waals surface area contributed by atoms with Crippen molar-refractivity contribution in [1.29, 1.82) is 0 Å². The third-order valence-electron chi connectivity index (χ3n) is 6.57. The van der Waals surface area contributed by atoms with Gasteiger partial charge in [0.2, 0.25) is 0 Å². The van der Waals surface area contributed by atoms with Crippen molar-refractivity contribution in [3.8, 4) is 22.3 Å². The zero-order chi connectivity index (χ0) is 23.4. The van der Waals surface area contributed by atoms with E-state index < -0.39 is 0 Å². The van der Waals surface area contributed by atoms with Gasteiger partial charge in [-0.2, -0.15) is 0 Å². The molecule has 0 unspecified atom stereocenters. The number of fused-ring (bicyclic) bond motifs is 3. The summed E-state index contributed by atoms with van der Waals surface area (Å²) < 4.78 is 2.73. The van der Waals surface area contributed by atoms with E-state index in [1.54, 1.807) is 0 Å². The van der Waals surface area contributed by atoms with Crippen LogP contribution in [-0.4, -0.2) is 0 Å². The maximum atomic E-state index is 2.34. The van der Waals surface area contributed by atoms with Gasteiger partial charge in [0.25, 0.3) is 0 Å². The largest absolute Gasteiger partial charge is 0.135 e. The molecule has 4 aromatic carbocycles. The predicted molar refractivity (Wildman–Crippen MR) is 148 cm³/mol. The fourth-order valence-electron chi connectivity index (χ4n) is 4.93. The van der Waals surface area contributed by atoms with E-state index in [1.807, 2.05) is 11.3 Å². The van der Waals surface area contributed by atoms with Gasteiger partial charge in [0.1, 0.15) is 0 Å². The first-order valence-corrected chi connectivity index (χ1v) is 12.6. The minimum Gasteiger partial charge on any atom is -0.135 e. The Hall–Kier alpha value is -2.90.